The van der Waals surface area contributed by atoms with Crippen LogP contribution in [0.25, 0.3) is 0 Å². The first kappa shape index (κ1) is 19.1. The first-order chi connectivity index (χ1) is 12.2. The smallest absolute Gasteiger partial charge is 0.416 e. The molecule has 1 unspecified atom stereocenters. The van der Waals surface area contributed by atoms with Crippen LogP contribution in [0, 0.1) is 11.3 Å². The van der Waals surface area contributed by atoms with E-state index in [2.05, 4.69) is 5.32 Å². The van der Waals surface area contributed by atoms with Crippen LogP contribution in [0.15, 0.2) is 42.5 Å². The van der Waals surface area contributed by atoms with Crippen LogP contribution in [0.1, 0.15) is 18.1 Å². The third-order valence-electron chi connectivity index (χ3n) is 3.45. The van der Waals surface area contributed by atoms with Crippen molar-refractivity contribution < 1.29 is 27.4 Å². The monoisotopic (exact) mass is 364 g/mol. The summed E-state index contributed by atoms with van der Waals surface area (Å²) in [7, 11) is 1.40. The molecule has 0 aliphatic heterocycles. The third kappa shape index (κ3) is 4.66. The lowest BCUT2D eigenvalue weighted by Crippen LogP contribution is -2.30. The predicted octanol–water partition coefficient (Wildman–Crippen LogP) is 3.99. The highest BCUT2D eigenvalue weighted by molar-refractivity contribution is 5.94. The summed E-state index contributed by atoms with van der Waals surface area (Å²) in [6, 6.07) is 10.5. The van der Waals surface area contributed by atoms with Gasteiger partial charge < -0.3 is 14.8 Å². The van der Waals surface area contributed by atoms with Crippen molar-refractivity contribution in [3.8, 4) is 17.6 Å². The number of hydrogen-bond donors (Lipinski definition) is 1. The Hall–Kier alpha value is -3.21. The van der Waals surface area contributed by atoms with Gasteiger partial charge in [0.1, 0.15) is 0 Å². The summed E-state index contributed by atoms with van der Waals surface area (Å²) >= 11 is 0. The Morgan fingerprint density at radius 1 is 1.15 bits per heavy atom. The van der Waals surface area contributed by atoms with E-state index >= 15 is 0 Å². The second kappa shape index (κ2) is 7.78. The molecule has 0 saturated heterocycles. The van der Waals surface area contributed by atoms with Gasteiger partial charge >= 0.3 is 6.18 Å². The van der Waals surface area contributed by atoms with Crippen molar-refractivity contribution in [2.75, 3.05) is 12.4 Å². The van der Waals surface area contributed by atoms with E-state index in [1.54, 1.807) is 0 Å². The number of carbonyl (C=O) groups is 1. The van der Waals surface area contributed by atoms with E-state index in [0.29, 0.717) is 11.3 Å². The fraction of sp³-hybridized carbons (Fsp3) is 0.222. The molecule has 0 aliphatic carbocycles. The molecule has 0 radical (unpaired) electrons. The van der Waals surface area contributed by atoms with E-state index in [-0.39, 0.29) is 11.4 Å². The number of nitrogens with one attached hydrogen (secondary N) is 1. The third-order valence-corrected chi connectivity index (χ3v) is 3.45. The molecule has 0 aromatic heterocycles. The molecule has 2 rings (SSSR count). The van der Waals surface area contributed by atoms with Gasteiger partial charge in [-0.05, 0) is 43.3 Å². The van der Waals surface area contributed by atoms with Gasteiger partial charge in [-0.25, -0.2) is 0 Å². The molecule has 0 fully saturated rings. The molecule has 26 heavy (non-hydrogen) atoms. The van der Waals surface area contributed by atoms with E-state index in [4.69, 9.17) is 14.7 Å². The van der Waals surface area contributed by atoms with Crippen LogP contribution in [0.5, 0.6) is 11.5 Å². The zero-order chi connectivity index (χ0) is 19.3. The molecular weight excluding hydrogens is 349 g/mol. The van der Waals surface area contributed by atoms with E-state index < -0.39 is 23.8 Å². The van der Waals surface area contributed by atoms with Gasteiger partial charge in [0.15, 0.2) is 17.6 Å². The van der Waals surface area contributed by atoms with Crippen molar-refractivity contribution in [1.29, 1.82) is 5.26 Å². The van der Waals surface area contributed by atoms with Crippen molar-refractivity contribution >= 4 is 11.6 Å². The molecule has 0 heterocycles. The van der Waals surface area contributed by atoms with Crippen molar-refractivity contribution in [2.45, 2.75) is 19.2 Å². The number of anilines is 1. The standard InChI is InChI=1S/C18H15F3N2O3/c1-11(26-15-8-3-12(10-22)9-16(15)25-2)17(24)23-14-6-4-13(5-7-14)18(19,20)21/h3-9,11H,1-2H3,(H,23,24). The van der Waals surface area contributed by atoms with Crippen LogP contribution >= 0.6 is 0 Å². The summed E-state index contributed by atoms with van der Waals surface area (Å²) in [6.45, 7) is 1.48. The zero-order valence-corrected chi connectivity index (χ0v) is 13.9. The van der Waals surface area contributed by atoms with Crippen LogP contribution < -0.4 is 14.8 Å². The van der Waals surface area contributed by atoms with Gasteiger partial charge in [-0.15, -0.1) is 0 Å². The fourth-order valence-corrected chi connectivity index (χ4v) is 2.06. The molecule has 136 valence electrons. The highest BCUT2D eigenvalue weighted by Crippen LogP contribution is 2.30. The maximum absolute atomic E-state index is 12.5. The van der Waals surface area contributed by atoms with Crippen LogP contribution in [0.3, 0.4) is 0 Å². The zero-order valence-electron chi connectivity index (χ0n) is 13.9. The van der Waals surface area contributed by atoms with Crippen LogP contribution in [-0.4, -0.2) is 19.1 Å². The lowest BCUT2D eigenvalue weighted by Gasteiger charge is -2.17. The summed E-state index contributed by atoms with van der Waals surface area (Å²) < 4.78 is 48.3. The number of amides is 1. The molecule has 1 atom stereocenters. The number of benzene rings is 2. The normalized spacial score (nSPS) is 12.0. The number of hydrogen-bond acceptors (Lipinski definition) is 4. The molecule has 1 N–H and O–H groups in total. The highest BCUT2D eigenvalue weighted by atomic mass is 19.4. The quantitative estimate of drug-likeness (QED) is 0.871. The summed E-state index contributed by atoms with van der Waals surface area (Å²) in [5, 5.41) is 11.3. The Morgan fingerprint density at radius 2 is 1.81 bits per heavy atom. The summed E-state index contributed by atoms with van der Waals surface area (Å²) in [5.74, 6) is 0.0102. The average Bonchev–Trinajstić information content (AvgIpc) is 2.61. The average molecular weight is 364 g/mol. The first-order valence-electron chi connectivity index (χ1n) is 7.47. The molecule has 8 heteroatoms. The Balaban J connectivity index is 2.05. The topological polar surface area (TPSA) is 71.3 Å². The Morgan fingerprint density at radius 3 is 2.35 bits per heavy atom. The Bertz CT molecular complexity index is 827. The molecule has 0 aliphatic rings. The second-order valence-corrected chi connectivity index (χ2v) is 5.30. The molecular formula is C18H15F3N2O3. The van der Waals surface area contributed by atoms with Crippen LogP contribution in [0.2, 0.25) is 0 Å². The summed E-state index contributed by atoms with van der Waals surface area (Å²) in [6.07, 6.45) is -5.38. The molecule has 0 bridgehead atoms. The van der Waals surface area contributed by atoms with E-state index in [1.807, 2.05) is 6.07 Å². The number of ether oxygens (including phenoxy) is 2. The molecule has 5 nitrogen and oxygen atoms in total. The Kier molecular flexibility index (Phi) is 5.72. The lowest BCUT2D eigenvalue weighted by molar-refractivity contribution is -0.137. The maximum atomic E-state index is 12.5. The minimum atomic E-state index is -4.44. The van der Waals surface area contributed by atoms with Gasteiger partial charge in [-0.2, -0.15) is 18.4 Å². The maximum Gasteiger partial charge on any atom is 0.416 e. The first-order valence-corrected chi connectivity index (χ1v) is 7.47. The summed E-state index contributed by atoms with van der Waals surface area (Å²) in [5.41, 5.74) is -0.219. The van der Waals surface area contributed by atoms with Gasteiger partial charge in [0.05, 0.1) is 24.3 Å². The van der Waals surface area contributed by atoms with Gasteiger partial charge in [0, 0.05) is 11.8 Å². The highest BCUT2D eigenvalue weighted by Gasteiger charge is 2.30. The van der Waals surface area contributed by atoms with Gasteiger partial charge in [-0.3, -0.25) is 4.79 Å². The van der Waals surface area contributed by atoms with E-state index in [0.717, 1.165) is 24.3 Å². The number of rotatable bonds is 5. The van der Waals surface area contributed by atoms with E-state index in [1.165, 1.54) is 32.2 Å². The molecule has 1 amide bonds. The predicted molar refractivity (Wildman–Crippen MR) is 87.9 cm³/mol. The van der Waals surface area contributed by atoms with Crippen molar-refractivity contribution in [3.05, 3.63) is 53.6 Å². The molecule has 2 aromatic rings. The number of methoxy groups -OCH3 is 1. The number of halogens is 3. The largest absolute Gasteiger partial charge is 0.493 e. The molecule has 0 spiro atoms. The number of carbonyl (C=O) groups excluding carboxylic acids is 1. The fourth-order valence-electron chi connectivity index (χ4n) is 2.06. The Labute approximate surface area is 148 Å². The SMILES string of the molecule is COc1cc(C#N)ccc1OC(C)C(=O)Nc1ccc(C(F)(F)F)cc1. The van der Waals surface area contributed by atoms with Crippen LogP contribution in [0.4, 0.5) is 18.9 Å². The number of alkyl halides is 3. The van der Waals surface area contributed by atoms with Crippen molar-refractivity contribution in [3.63, 3.8) is 0 Å². The number of nitrogens with zero attached hydrogens (tertiary/aromatic N) is 1. The minimum Gasteiger partial charge on any atom is -0.493 e. The molecule has 0 saturated carbocycles. The second-order valence-electron chi connectivity index (χ2n) is 5.30. The summed E-state index contributed by atoms with van der Waals surface area (Å²) in [4.78, 5) is 12.2. The van der Waals surface area contributed by atoms with Crippen molar-refractivity contribution in [2.24, 2.45) is 0 Å². The lowest BCUT2D eigenvalue weighted by atomic mass is 10.2. The van der Waals surface area contributed by atoms with Gasteiger partial charge in [0.2, 0.25) is 0 Å². The van der Waals surface area contributed by atoms with E-state index in [9.17, 15) is 18.0 Å². The molecule has 2 aromatic carbocycles. The minimum absolute atomic E-state index is 0.213. The number of nitriles is 1. The van der Waals surface area contributed by atoms with Crippen molar-refractivity contribution in [1.82, 2.24) is 0 Å². The van der Waals surface area contributed by atoms with Crippen LogP contribution in [-0.2, 0) is 11.0 Å². The van der Waals surface area contributed by atoms with Gasteiger partial charge in [0.25, 0.3) is 5.91 Å². The van der Waals surface area contributed by atoms with Gasteiger partial charge in [-0.1, -0.05) is 0 Å².